The number of amides is 2. The Balaban J connectivity index is 1.67. The van der Waals surface area contributed by atoms with Crippen molar-refractivity contribution in [2.75, 3.05) is 20.2 Å². The number of benzene rings is 1. The largest absolute Gasteiger partial charge is 0.467 e. The zero-order valence-corrected chi connectivity index (χ0v) is 25.7. The van der Waals surface area contributed by atoms with Gasteiger partial charge in [-0.25, -0.2) is 18.6 Å². The summed E-state index contributed by atoms with van der Waals surface area (Å²) in [6, 6.07) is 5.11. The molecule has 1 aliphatic rings. The van der Waals surface area contributed by atoms with Crippen molar-refractivity contribution in [3.63, 3.8) is 0 Å². The Morgan fingerprint density at radius 1 is 1.02 bits per heavy atom. The third kappa shape index (κ3) is 10.6. The highest BCUT2D eigenvalue weighted by molar-refractivity contribution is 7.80. The second-order valence-corrected chi connectivity index (χ2v) is 12.0. The number of methoxy groups -OCH3 is 1. The van der Waals surface area contributed by atoms with Gasteiger partial charge >= 0.3 is 28.1 Å². The van der Waals surface area contributed by atoms with Gasteiger partial charge in [0.2, 0.25) is 12.2 Å². The van der Waals surface area contributed by atoms with E-state index in [1.807, 2.05) is 0 Å². The highest BCUT2D eigenvalue weighted by Gasteiger charge is 2.51. The number of esters is 1. The van der Waals surface area contributed by atoms with E-state index in [-0.39, 0.29) is 23.7 Å². The second-order valence-electron chi connectivity index (χ2n) is 10.9. The van der Waals surface area contributed by atoms with Crippen molar-refractivity contribution in [3.05, 3.63) is 40.2 Å². The summed E-state index contributed by atoms with van der Waals surface area (Å²) in [4.78, 5) is 48.6. The molecular weight excluding hydrogens is 624 g/mol. The number of ether oxygens (including phenoxy) is 4. The first-order valence-electron chi connectivity index (χ1n) is 13.7. The summed E-state index contributed by atoms with van der Waals surface area (Å²) in [6.45, 7) is 5.93. The molecule has 2 amide bonds. The monoisotopic (exact) mass is 660 g/mol. The van der Waals surface area contributed by atoms with Gasteiger partial charge in [-0.15, -0.1) is 0 Å². The zero-order chi connectivity index (χ0) is 33.5. The van der Waals surface area contributed by atoms with E-state index in [0.717, 1.165) is 13.2 Å². The van der Waals surface area contributed by atoms with Crippen molar-refractivity contribution in [2.45, 2.75) is 76.3 Å². The highest BCUT2D eigenvalue weighted by Crippen LogP contribution is 2.30. The first kappa shape index (κ1) is 35.7. The summed E-state index contributed by atoms with van der Waals surface area (Å²) in [5.74, 6) is -1.64. The fourth-order valence-electron chi connectivity index (χ4n) is 4.27. The van der Waals surface area contributed by atoms with Gasteiger partial charge in [0.15, 0.2) is 12.2 Å². The summed E-state index contributed by atoms with van der Waals surface area (Å²) in [5.41, 5.74) is -1.11. The fourth-order valence-corrected chi connectivity index (χ4v) is 4.75. The molecule has 0 aliphatic carbocycles. The molecule has 0 bridgehead atoms. The lowest BCUT2D eigenvalue weighted by Crippen LogP contribution is -2.62. The molecule has 1 fully saturated rings. The minimum Gasteiger partial charge on any atom is -0.467 e. The second kappa shape index (κ2) is 15.0. The lowest BCUT2D eigenvalue weighted by molar-refractivity contribution is -0.266. The van der Waals surface area contributed by atoms with Crippen LogP contribution in [0.5, 0.6) is 5.75 Å². The van der Waals surface area contributed by atoms with Crippen LogP contribution in [0.15, 0.2) is 33.5 Å². The van der Waals surface area contributed by atoms with Gasteiger partial charge in [-0.05, 0) is 51.3 Å². The number of hydrogen-bond donors (Lipinski definition) is 5. The summed E-state index contributed by atoms with van der Waals surface area (Å²) in [5, 5.41) is 26.4. The number of aliphatic hydroxyl groups is 2. The van der Waals surface area contributed by atoms with Crippen molar-refractivity contribution in [3.8, 4) is 5.75 Å². The molecule has 1 aromatic carbocycles. The highest BCUT2D eigenvalue weighted by atomic mass is 32.3. The summed E-state index contributed by atoms with van der Waals surface area (Å²) in [7, 11) is -4.21. The molecule has 0 saturated carbocycles. The molecule has 2 heterocycles. The van der Waals surface area contributed by atoms with Crippen LogP contribution in [-0.4, -0.2) is 97.7 Å². The average Bonchev–Trinajstić information content (AvgIpc) is 2.92. The van der Waals surface area contributed by atoms with Crippen LogP contribution in [0.1, 0.15) is 39.2 Å². The van der Waals surface area contributed by atoms with Crippen LogP contribution < -0.4 is 21.0 Å². The fraction of sp³-hybridized carbons (Fsp3) is 0.556. The first-order valence-corrected chi connectivity index (χ1v) is 15.1. The maximum absolute atomic E-state index is 12.6. The number of alkyl carbamates (subject to hydrolysis) is 1. The van der Waals surface area contributed by atoms with Crippen molar-refractivity contribution >= 4 is 39.3 Å². The molecule has 5 atom stereocenters. The number of carbonyl (C=O) groups excluding carboxylic acids is 3. The number of carbonyl (C=O) groups is 3. The third-order valence-corrected chi connectivity index (χ3v) is 6.68. The molecule has 18 heteroatoms. The topological polar surface area (TPSA) is 246 Å². The molecule has 1 aliphatic heterocycles. The molecule has 5 N–H and O–H groups in total. The normalized spacial score (nSPS) is 22.0. The van der Waals surface area contributed by atoms with Crippen LogP contribution in [0.4, 0.5) is 4.79 Å². The van der Waals surface area contributed by atoms with Crippen LogP contribution in [-0.2, 0) is 44.8 Å². The quantitative estimate of drug-likeness (QED) is 0.0866. The van der Waals surface area contributed by atoms with Gasteiger partial charge < -0.3 is 44.2 Å². The number of rotatable bonds is 12. The van der Waals surface area contributed by atoms with Crippen molar-refractivity contribution in [1.82, 2.24) is 10.6 Å². The van der Waals surface area contributed by atoms with Crippen LogP contribution >= 0.6 is 0 Å². The molecule has 17 nitrogen and oxygen atoms in total. The van der Waals surface area contributed by atoms with E-state index in [2.05, 4.69) is 19.6 Å². The Bertz CT molecular complexity index is 1530. The SMILES string of the molecule is COC(=O)[C@@H]1O[C@@H](Oc2ccc3c(CC(=O)NCCCCNC(=O)OC(C)(C)C)cc(=O)oc3c2)[C@H](OS(=O)(=O)O)[C@@H](O)[C@@H]1O. The van der Waals surface area contributed by atoms with Crippen LogP contribution in [0.2, 0.25) is 0 Å². The van der Waals surface area contributed by atoms with Gasteiger partial charge in [-0.2, -0.15) is 8.42 Å². The number of nitrogens with one attached hydrogen (secondary N) is 2. The van der Waals surface area contributed by atoms with Crippen molar-refractivity contribution in [2.24, 2.45) is 0 Å². The molecule has 0 spiro atoms. The average molecular weight is 661 g/mol. The molecule has 45 heavy (non-hydrogen) atoms. The Kier molecular flexibility index (Phi) is 11.9. The maximum Gasteiger partial charge on any atom is 0.407 e. The van der Waals surface area contributed by atoms with Crippen molar-refractivity contribution < 1.29 is 65.1 Å². The third-order valence-electron chi connectivity index (χ3n) is 6.21. The molecule has 2 aromatic rings. The van der Waals surface area contributed by atoms with Gasteiger partial charge in [-0.1, -0.05) is 0 Å². The molecule has 0 unspecified atom stereocenters. The molecule has 3 rings (SSSR count). The Hall–Kier alpha value is -3.81. The van der Waals surface area contributed by atoms with Gasteiger partial charge in [0.05, 0.1) is 13.5 Å². The first-order chi connectivity index (χ1) is 21.0. The standard InChI is InChI=1S/C27H36N2O15S/c1-27(2,3)43-26(35)29-10-6-5-9-28-18(30)11-14-12-19(31)41-17-13-15(7-8-16(14)17)40-25-23(44-45(36,37)38)21(33)20(32)22(42-25)24(34)39-4/h7-8,12-13,20-23,25,32-33H,5-6,9-11H2,1-4H3,(H,28,30)(H,29,35)(H,36,37,38)/t20-,21-,22+,23+,25+/m0/s1. The van der Waals surface area contributed by atoms with Crippen molar-refractivity contribution in [1.29, 1.82) is 0 Å². The number of unbranched alkanes of at least 4 members (excludes halogenated alkanes) is 1. The van der Waals surface area contributed by atoms with E-state index < -0.39 is 64.4 Å². The van der Waals surface area contributed by atoms with E-state index in [1.165, 1.54) is 18.2 Å². The van der Waals surface area contributed by atoms with Gasteiger partial charge in [0.25, 0.3) is 0 Å². The lowest BCUT2D eigenvalue weighted by Gasteiger charge is -2.40. The summed E-state index contributed by atoms with van der Waals surface area (Å²) >= 11 is 0. The minimum absolute atomic E-state index is 0.0378. The van der Waals surface area contributed by atoms with Crippen LogP contribution in [0.3, 0.4) is 0 Å². The van der Waals surface area contributed by atoms with E-state index in [4.69, 9.17) is 23.2 Å². The Morgan fingerprint density at radius 2 is 1.69 bits per heavy atom. The van der Waals surface area contributed by atoms with E-state index in [1.54, 1.807) is 20.8 Å². The van der Waals surface area contributed by atoms with Gasteiger partial charge in [-0.3, -0.25) is 9.35 Å². The van der Waals surface area contributed by atoms with Gasteiger partial charge in [0.1, 0.15) is 29.1 Å². The molecular formula is C27H36N2O15S. The molecule has 0 radical (unpaired) electrons. The number of fused-ring (bicyclic) bond motifs is 1. The Labute approximate surface area is 257 Å². The van der Waals surface area contributed by atoms with Gasteiger partial charge in [0, 0.05) is 30.6 Å². The predicted octanol–water partition coefficient (Wildman–Crippen LogP) is -0.0569. The molecule has 1 saturated heterocycles. The number of aliphatic hydroxyl groups excluding tert-OH is 2. The van der Waals surface area contributed by atoms with Crippen LogP contribution in [0.25, 0.3) is 11.0 Å². The van der Waals surface area contributed by atoms with E-state index in [0.29, 0.717) is 36.9 Å². The van der Waals surface area contributed by atoms with Crippen LogP contribution in [0, 0.1) is 0 Å². The molecule has 1 aromatic heterocycles. The zero-order valence-electron chi connectivity index (χ0n) is 24.9. The maximum atomic E-state index is 12.6. The smallest absolute Gasteiger partial charge is 0.407 e. The minimum atomic E-state index is -5.19. The summed E-state index contributed by atoms with van der Waals surface area (Å²) in [6.07, 6.45) is -9.44. The Morgan fingerprint density at radius 3 is 2.31 bits per heavy atom. The summed E-state index contributed by atoms with van der Waals surface area (Å²) < 4.78 is 62.1. The predicted molar refractivity (Wildman–Crippen MR) is 152 cm³/mol. The number of hydrogen-bond acceptors (Lipinski definition) is 14. The van der Waals surface area contributed by atoms with E-state index >= 15 is 0 Å². The van der Waals surface area contributed by atoms with E-state index in [9.17, 15) is 37.8 Å². The lowest BCUT2D eigenvalue weighted by atomic mass is 9.99. The molecule has 250 valence electrons.